The Kier molecular flexibility index (Phi) is 5.02. The van der Waals surface area contributed by atoms with Crippen LogP contribution in [-0.4, -0.2) is 0 Å². The summed E-state index contributed by atoms with van der Waals surface area (Å²) in [6.07, 6.45) is 6.33. The van der Waals surface area contributed by atoms with Gasteiger partial charge in [0.25, 0.3) is 0 Å². The Morgan fingerprint density at radius 3 is 2.71 bits per heavy atom. The van der Waals surface area contributed by atoms with Gasteiger partial charge in [0.05, 0.1) is 0 Å². The highest BCUT2D eigenvalue weighted by Gasteiger charge is 1.99. The Hall–Kier alpha value is -0.500. The molecule has 2 N–H and O–H groups in total. The van der Waals surface area contributed by atoms with Crippen LogP contribution < -0.4 is 5.73 Å². The van der Waals surface area contributed by atoms with Crippen molar-refractivity contribution < 1.29 is 0 Å². The van der Waals surface area contributed by atoms with Crippen LogP contribution in [0.5, 0.6) is 0 Å². The average Bonchev–Trinajstić information content (AvgIpc) is 2.18. The predicted octanol–water partition coefficient (Wildman–Crippen LogP) is 4.15. The second-order valence-corrected chi connectivity index (χ2v) is 4.52. The van der Waals surface area contributed by atoms with E-state index in [1.54, 1.807) is 0 Å². The van der Waals surface area contributed by atoms with Gasteiger partial charge in [-0.2, -0.15) is 0 Å². The van der Waals surface area contributed by atoms with Gasteiger partial charge in [-0.25, -0.2) is 0 Å². The van der Waals surface area contributed by atoms with Crippen molar-refractivity contribution in [3.8, 4) is 0 Å². The number of nitrogen functional groups attached to an aromatic ring is 1. The highest BCUT2D eigenvalue weighted by Crippen LogP contribution is 2.21. The lowest BCUT2D eigenvalue weighted by Crippen LogP contribution is -1.91. The van der Waals surface area contributed by atoms with Gasteiger partial charge in [0.2, 0.25) is 0 Å². The lowest BCUT2D eigenvalue weighted by Gasteiger charge is -2.05. The number of hydrogen-bond donors (Lipinski definition) is 1. The molecule has 14 heavy (non-hydrogen) atoms. The maximum atomic E-state index is 5.74. The fourth-order valence-corrected chi connectivity index (χ4v) is 1.97. The third kappa shape index (κ3) is 3.70. The zero-order chi connectivity index (χ0) is 10.4. The lowest BCUT2D eigenvalue weighted by atomic mass is 10.1. The van der Waals surface area contributed by atoms with Crippen LogP contribution in [0.4, 0.5) is 5.69 Å². The van der Waals surface area contributed by atoms with Crippen molar-refractivity contribution in [3.05, 3.63) is 28.2 Å². The number of aryl methyl sites for hydroxylation is 1. The lowest BCUT2D eigenvalue weighted by molar-refractivity contribution is 0.666. The van der Waals surface area contributed by atoms with Crippen molar-refractivity contribution in [1.29, 1.82) is 0 Å². The first-order valence-corrected chi connectivity index (χ1v) is 6.07. The predicted molar refractivity (Wildman–Crippen MR) is 66.4 cm³/mol. The van der Waals surface area contributed by atoms with Gasteiger partial charge in [-0.3, -0.25) is 0 Å². The summed E-state index contributed by atoms with van der Waals surface area (Å²) in [5.41, 5.74) is 7.93. The Labute approximate surface area is 94.8 Å². The number of rotatable bonds is 5. The minimum atomic E-state index is 0.860. The molecule has 2 heteroatoms. The first-order valence-electron chi connectivity index (χ1n) is 5.28. The zero-order valence-corrected chi connectivity index (χ0v) is 10.3. The molecule has 0 aliphatic carbocycles. The molecule has 78 valence electrons. The molecular weight excluding hydrogens is 238 g/mol. The van der Waals surface area contributed by atoms with E-state index < -0.39 is 0 Å². The molecule has 0 unspecified atom stereocenters. The SMILES string of the molecule is CCCCCCc1cc(N)ccc1Br. The standard InChI is InChI=1S/C12H18BrN/c1-2-3-4-5-6-10-9-11(14)7-8-12(10)13/h7-9H,2-6,14H2,1H3. The number of benzene rings is 1. The van der Waals surface area contributed by atoms with Crippen molar-refractivity contribution >= 4 is 21.6 Å². The van der Waals surface area contributed by atoms with Gasteiger partial charge >= 0.3 is 0 Å². The molecule has 0 bridgehead atoms. The fraction of sp³-hybridized carbons (Fsp3) is 0.500. The first-order chi connectivity index (χ1) is 6.74. The van der Waals surface area contributed by atoms with E-state index >= 15 is 0 Å². The van der Waals surface area contributed by atoms with Gasteiger partial charge in [0, 0.05) is 10.2 Å². The molecule has 1 aromatic rings. The Balaban J connectivity index is 2.45. The number of hydrogen-bond acceptors (Lipinski definition) is 1. The van der Waals surface area contributed by atoms with Crippen LogP contribution in [-0.2, 0) is 6.42 Å². The number of nitrogens with two attached hydrogens (primary N) is 1. The summed E-state index contributed by atoms with van der Waals surface area (Å²) < 4.78 is 1.18. The van der Waals surface area contributed by atoms with Crippen molar-refractivity contribution in [3.63, 3.8) is 0 Å². The molecule has 1 nitrogen and oxygen atoms in total. The highest BCUT2D eigenvalue weighted by molar-refractivity contribution is 9.10. The molecular formula is C12H18BrN. The van der Waals surface area contributed by atoms with Crippen molar-refractivity contribution in [1.82, 2.24) is 0 Å². The molecule has 0 aliphatic heterocycles. The van der Waals surface area contributed by atoms with Crippen LogP contribution in [0.3, 0.4) is 0 Å². The Bertz CT molecular complexity index is 284. The van der Waals surface area contributed by atoms with E-state index in [0.717, 1.165) is 12.1 Å². The number of halogens is 1. The van der Waals surface area contributed by atoms with Crippen LogP contribution in [0, 0.1) is 0 Å². The molecule has 1 rings (SSSR count). The number of anilines is 1. The summed E-state index contributed by atoms with van der Waals surface area (Å²) in [5, 5.41) is 0. The minimum Gasteiger partial charge on any atom is -0.399 e. The molecule has 0 aromatic heterocycles. The summed E-state index contributed by atoms with van der Waals surface area (Å²) in [6, 6.07) is 6.03. The maximum absolute atomic E-state index is 5.74. The average molecular weight is 256 g/mol. The summed E-state index contributed by atoms with van der Waals surface area (Å²) >= 11 is 3.54. The van der Waals surface area contributed by atoms with E-state index in [1.807, 2.05) is 12.1 Å². The molecule has 0 aliphatic rings. The Morgan fingerprint density at radius 2 is 2.00 bits per heavy atom. The van der Waals surface area contributed by atoms with Gasteiger partial charge < -0.3 is 5.73 Å². The Morgan fingerprint density at radius 1 is 1.21 bits per heavy atom. The van der Waals surface area contributed by atoms with Gasteiger partial charge in [0.15, 0.2) is 0 Å². The van der Waals surface area contributed by atoms with Crippen LogP contribution in [0.25, 0.3) is 0 Å². The van der Waals surface area contributed by atoms with E-state index in [-0.39, 0.29) is 0 Å². The van der Waals surface area contributed by atoms with Crippen LogP contribution in [0.1, 0.15) is 38.2 Å². The van der Waals surface area contributed by atoms with Crippen LogP contribution >= 0.6 is 15.9 Å². The maximum Gasteiger partial charge on any atom is 0.0317 e. The fourth-order valence-electron chi connectivity index (χ4n) is 1.53. The van der Waals surface area contributed by atoms with E-state index in [9.17, 15) is 0 Å². The van der Waals surface area contributed by atoms with Gasteiger partial charge in [-0.15, -0.1) is 0 Å². The first kappa shape index (κ1) is 11.6. The third-order valence-electron chi connectivity index (χ3n) is 2.37. The molecule has 0 atom stereocenters. The summed E-state index contributed by atoms with van der Waals surface area (Å²) in [7, 11) is 0. The van der Waals surface area contributed by atoms with E-state index in [4.69, 9.17) is 5.73 Å². The molecule has 1 aromatic carbocycles. The molecule has 0 saturated carbocycles. The summed E-state index contributed by atoms with van der Waals surface area (Å²) in [4.78, 5) is 0. The number of unbranched alkanes of at least 4 members (excludes halogenated alkanes) is 3. The van der Waals surface area contributed by atoms with Crippen LogP contribution in [0.15, 0.2) is 22.7 Å². The molecule has 0 fully saturated rings. The van der Waals surface area contributed by atoms with Gasteiger partial charge in [-0.05, 0) is 36.6 Å². The molecule has 0 amide bonds. The second kappa shape index (κ2) is 6.07. The van der Waals surface area contributed by atoms with E-state index in [2.05, 4.69) is 28.9 Å². The monoisotopic (exact) mass is 255 g/mol. The summed E-state index contributed by atoms with van der Waals surface area (Å²) in [5.74, 6) is 0. The second-order valence-electron chi connectivity index (χ2n) is 3.66. The van der Waals surface area contributed by atoms with Crippen molar-refractivity contribution in [2.45, 2.75) is 39.0 Å². The van der Waals surface area contributed by atoms with Crippen LogP contribution in [0.2, 0.25) is 0 Å². The molecule has 0 radical (unpaired) electrons. The third-order valence-corrected chi connectivity index (χ3v) is 3.14. The van der Waals surface area contributed by atoms with Gasteiger partial charge in [0.1, 0.15) is 0 Å². The topological polar surface area (TPSA) is 26.0 Å². The van der Waals surface area contributed by atoms with Gasteiger partial charge in [-0.1, -0.05) is 42.1 Å². The van der Waals surface area contributed by atoms with Crippen molar-refractivity contribution in [2.75, 3.05) is 5.73 Å². The van der Waals surface area contributed by atoms with E-state index in [0.29, 0.717) is 0 Å². The molecule has 0 spiro atoms. The van der Waals surface area contributed by atoms with Crippen molar-refractivity contribution in [2.24, 2.45) is 0 Å². The largest absolute Gasteiger partial charge is 0.399 e. The normalized spacial score (nSPS) is 10.4. The molecule has 0 heterocycles. The zero-order valence-electron chi connectivity index (χ0n) is 8.72. The minimum absolute atomic E-state index is 0.860. The quantitative estimate of drug-likeness (QED) is 0.621. The molecule has 0 saturated heterocycles. The van der Waals surface area contributed by atoms with E-state index in [1.165, 1.54) is 35.7 Å². The summed E-state index contributed by atoms with van der Waals surface area (Å²) in [6.45, 7) is 2.23. The highest BCUT2D eigenvalue weighted by atomic mass is 79.9. The smallest absolute Gasteiger partial charge is 0.0317 e.